The fourth-order valence-corrected chi connectivity index (χ4v) is 3.33. The number of benzene rings is 2. The highest BCUT2D eigenvalue weighted by molar-refractivity contribution is 5.95. The highest BCUT2D eigenvalue weighted by Crippen LogP contribution is 2.21. The number of carbonyl (C=O) groups is 1. The lowest BCUT2D eigenvalue weighted by Crippen LogP contribution is -2.38. The Balaban J connectivity index is 1.52. The van der Waals surface area contributed by atoms with E-state index in [1.54, 1.807) is 7.11 Å². The molecule has 0 unspecified atom stereocenters. The van der Waals surface area contributed by atoms with E-state index in [-0.39, 0.29) is 5.91 Å². The van der Waals surface area contributed by atoms with E-state index in [1.807, 2.05) is 41.3 Å². The largest absolute Gasteiger partial charge is 0.497 e. The second-order valence-corrected chi connectivity index (χ2v) is 7.04. The highest BCUT2D eigenvalue weighted by atomic mass is 16.5. The van der Waals surface area contributed by atoms with E-state index in [4.69, 9.17) is 4.74 Å². The summed E-state index contributed by atoms with van der Waals surface area (Å²) >= 11 is 0. The number of nitrogens with zero attached hydrogens (tertiary/aromatic N) is 2. The summed E-state index contributed by atoms with van der Waals surface area (Å²) in [5, 5.41) is 6.67. The molecule has 6 nitrogen and oxygen atoms in total. The molecule has 1 saturated heterocycles. The molecule has 0 atom stereocenters. The quantitative estimate of drug-likeness (QED) is 0.533. The third-order valence-corrected chi connectivity index (χ3v) is 4.95. The van der Waals surface area contributed by atoms with Crippen LogP contribution in [0.3, 0.4) is 0 Å². The number of nitrogens with one attached hydrogen (secondary N) is 2. The SMILES string of the molecule is CCNC(=NCc1ccc(N2CCCC2=O)cc1)NCCc1ccc(OC)cc1. The lowest BCUT2D eigenvalue weighted by molar-refractivity contribution is -0.117. The van der Waals surface area contributed by atoms with Gasteiger partial charge in [0.25, 0.3) is 0 Å². The Labute approximate surface area is 173 Å². The Kier molecular flexibility index (Phi) is 7.50. The molecule has 0 bridgehead atoms. The van der Waals surface area contributed by atoms with Crippen molar-refractivity contribution >= 4 is 17.6 Å². The second kappa shape index (κ2) is 10.5. The van der Waals surface area contributed by atoms with Gasteiger partial charge in [0.15, 0.2) is 5.96 Å². The lowest BCUT2D eigenvalue weighted by atomic mass is 10.1. The number of ether oxygens (including phenoxy) is 1. The van der Waals surface area contributed by atoms with E-state index in [2.05, 4.69) is 34.7 Å². The van der Waals surface area contributed by atoms with Crippen molar-refractivity contribution in [1.82, 2.24) is 10.6 Å². The van der Waals surface area contributed by atoms with Gasteiger partial charge in [0.2, 0.25) is 5.91 Å². The maximum absolute atomic E-state index is 11.9. The van der Waals surface area contributed by atoms with E-state index in [9.17, 15) is 4.79 Å². The smallest absolute Gasteiger partial charge is 0.227 e. The molecule has 154 valence electrons. The maximum atomic E-state index is 11.9. The van der Waals surface area contributed by atoms with E-state index in [0.29, 0.717) is 13.0 Å². The fraction of sp³-hybridized carbons (Fsp3) is 0.391. The Hall–Kier alpha value is -3.02. The van der Waals surface area contributed by atoms with E-state index in [1.165, 1.54) is 5.56 Å². The first-order chi connectivity index (χ1) is 14.2. The average Bonchev–Trinajstić information content (AvgIpc) is 3.19. The second-order valence-electron chi connectivity index (χ2n) is 7.04. The molecular formula is C23H30N4O2. The molecule has 29 heavy (non-hydrogen) atoms. The van der Waals surface area contributed by atoms with Crippen molar-refractivity contribution in [3.63, 3.8) is 0 Å². The first kappa shape index (κ1) is 20.7. The van der Waals surface area contributed by atoms with Crippen molar-refractivity contribution in [2.45, 2.75) is 32.7 Å². The zero-order chi connectivity index (χ0) is 20.5. The summed E-state index contributed by atoms with van der Waals surface area (Å²) in [6.07, 6.45) is 2.51. The molecule has 2 aromatic carbocycles. The molecule has 1 aliphatic rings. The topological polar surface area (TPSA) is 66.0 Å². The van der Waals surface area contributed by atoms with Crippen molar-refractivity contribution in [3.05, 3.63) is 59.7 Å². The van der Waals surface area contributed by atoms with Crippen molar-refractivity contribution in [3.8, 4) is 5.75 Å². The summed E-state index contributed by atoms with van der Waals surface area (Å²) in [7, 11) is 1.68. The van der Waals surface area contributed by atoms with E-state index < -0.39 is 0 Å². The number of amides is 1. The molecule has 1 heterocycles. The van der Waals surface area contributed by atoms with Crippen LogP contribution < -0.4 is 20.3 Å². The van der Waals surface area contributed by atoms with E-state index in [0.717, 1.165) is 55.4 Å². The number of hydrogen-bond acceptors (Lipinski definition) is 3. The van der Waals surface area contributed by atoms with Gasteiger partial charge >= 0.3 is 0 Å². The van der Waals surface area contributed by atoms with Gasteiger partial charge in [-0.1, -0.05) is 24.3 Å². The van der Waals surface area contributed by atoms with Gasteiger partial charge in [0.05, 0.1) is 13.7 Å². The van der Waals surface area contributed by atoms with Gasteiger partial charge in [-0.05, 0) is 55.2 Å². The Morgan fingerprint density at radius 3 is 2.41 bits per heavy atom. The average molecular weight is 395 g/mol. The van der Waals surface area contributed by atoms with Gasteiger partial charge in [-0.2, -0.15) is 0 Å². The number of hydrogen-bond donors (Lipinski definition) is 2. The lowest BCUT2D eigenvalue weighted by Gasteiger charge is -2.16. The number of anilines is 1. The highest BCUT2D eigenvalue weighted by Gasteiger charge is 2.21. The first-order valence-corrected chi connectivity index (χ1v) is 10.2. The summed E-state index contributed by atoms with van der Waals surface area (Å²) < 4.78 is 5.20. The monoisotopic (exact) mass is 394 g/mol. The van der Waals surface area contributed by atoms with Gasteiger partial charge in [0.1, 0.15) is 5.75 Å². The molecular weight excluding hydrogens is 364 g/mol. The molecule has 0 spiro atoms. The number of rotatable bonds is 8. The van der Waals surface area contributed by atoms with Gasteiger partial charge < -0.3 is 20.3 Å². The third-order valence-electron chi connectivity index (χ3n) is 4.95. The molecule has 0 radical (unpaired) electrons. The van der Waals surface area contributed by atoms with Crippen LogP contribution in [0.2, 0.25) is 0 Å². The van der Waals surface area contributed by atoms with Crippen LogP contribution in [-0.4, -0.2) is 38.6 Å². The van der Waals surface area contributed by atoms with Crippen molar-refractivity contribution < 1.29 is 9.53 Å². The molecule has 1 aliphatic heterocycles. The number of guanidine groups is 1. The molecule has 2 N–H and O–H groups in total. The zero-order valence-electron chi connectivity index (χ0n) is 17.3. The fourth-order valence-electron chi connectivity index (χ4n) is 3.33. The van der Waals surface area contributed by atoms with Gasteiger partial charge in [-0.3, -0.25) is 4.79 Å². The molecule has 6 heteroatoms. The summed E-state index contributed by atoms with van der Waals surface area (Å²) in [5.74, 6) is 1.89. The summed E-state index contributed by atoms with van der Waals surface area (Å²) in [6.45, 7) is 5.08. The number of methoxy groups -OCH3 is 1. The minimum Gasteiger partial charge on any atom is -0.497 e. The standard InChI is InChI=1S/C23H30N4O2/c1-3-24-23(25-15-14-18-8-12-21(29-2)13-9-18)26-17-19-6-10-20(11-7-19)27-16-4-5-22(27)28/h6-13H,3-5,14-17H2,1-2H3,(H2,24,25,26). The van der Waals surface area contributed by atoms with Crippen LogP contribution in [0, 0.1) is 0 Å². The van der Waals surface area contributed by atoms with Crippen molar-refractivity contribution in [2.24, 2.45) is 4.99 Å². The summed E-state index contributed by atoms with van der Waals surface area (Å²) in [4.78, 5) is 18.4. The van der Waals surface area contributed by atoms with Crippen LogP contribution in [0.5, 0.6) is 5.75 Å². The number of aliphatic imine (C=N–C) groups is 1. The maximum Gasteiger partial charge on any atom is 0.227 e. The van der Waals surface area contributed by atoms with Crippen LogP contribution in [0.1, 0.15) is 30.9 Å². The summed E-state index contributed by atoms with van der Waals surface area (Å²) in [6, 6.07) is 16.2. The molecule has 0 saturated carbocycles. The predicted molar refractivity (Wildman–Crippen MR) is 118 cm³/mol. The Morgan fingerprint density at radius 1 is 1.07 bits per heavy atom. The van der Waals surface area contributed by atoms with Gasteiger partial charge in [0, 0.05) is 31.7 Å². The van der Waals surface area contributed by atoms with Crippen LogP contribution in [0.15, 0.2) is 53.5 Å². The third kappa shape index (κ3) is 5.98. The van der Waals surface area contributed by atoms with Crippen molar-refractivity contribution in [2.75, 3.05) is 31.6 Å². The van der Waals surface area contributed by atoms with Crippen molar-refractivity contribution in [1.29, 1.82) is 0 Å². The zero-order valence-corrected chi connectivity index (χ0v) is 17.3. The molecule has 2 aromatic rings. The Morgan fingerprint density at radius 2 is 1.79 bits per heavy atom. The minimum absolute atomic E-state index is 0.214. The number of carbonyl (C=O) groups excluding carboxylic acids is 1. The van der Waals surface area contributed by atoms with Gasteiger partial charge in [-0.15, -0.1) is 0 Å². The summed E-state index contributed by atoms with van der Waals surface area (Å²) in [5.41, 5.74) is 3.35. The van der Waals surface area contributed by atoms with Gasteiger partial charge in [-0.25, -0.2) is 4.99 Å². The molecule has 0 aliphatic carbocycles. The van der Waals surface area contributed by atoms with Crippen LogP contribution >= 0.6 is 0 Å². The van der Waals surface area contributed by atoms with Crippen LogP contribution in [-0.2, 0) is 17.8 Å². The molecule has 1 fully saturated rings. The minimum atomic E-state index is 0.214. The first-order valence-electron chi connectivity index (χ1n) is 10.2. The van der Waals surface area contributed by atoms with E-state index >= 15 is 0 Å². The molecule has 1 amide bonds. The Bertz CT molecular complexity index is 816. The normalized spacial score (nSPS) is 14.2. The molecule has 3 rings (SSSR count). The van der Waals surface area contributed by atoms with Crippen LogP contribution in [0.4, 0.5) is 5.69 Å². The predicted octanol–water partition coefficient (Wildman–Crippen LogP) is 3.12. The molecule has 0 aromatic heterocycles. The van der Waals surface area contributed by atoms with Crippen LogP contribution in [0.25, 0.3) is 0 Å².